The number of benzene rings is 2. The van der Waals surface area contributed by atoms with E-state index in [0.717, 1.165) is 4.90 Å². The number of halogens is 1. The van der Waals surface area contributed by atoms with Crippen molar-refractivity contribution in [1.29, 1.82) is 0 Å². The second kappa shape index (κ2) is 12.2. The summed E-state index contributed by atoms with van der Waals surface area (Å²) in [5, 5.41) is 23.8. The summed E-state index contributed by atoms with van der Waals surface area (Å²) in [4.78, 5) is 58.0. The van der Waals surface area contributed by atoms with Gasteiger partial charge >= 0.3 is 6.09 Å². The first-order valence-electron chi connectivity index (χ1n) is 12.7. The maximum atomic E-state index is 13.9. The predicted octanol–water partition coefficient (Wildman–Crippen LogP) is 3.61. The number of amides is 3. The number of aromatic hydroxyl groups is 1. The lowest BCUT2D eigenvalue weighted by molar-refractivity contribution is -0.138. The number of likely N-dealkylation sites (tertiary alicyclic amines) is 1. The van der Waals surface area contributed by atoms with Crippen molar-refractivity contribution in [2.45, 2.75) is 44.3 Å². The molecule has 3 atom stereocenters. The molecule has 1 aromatic heterocycles. The molecule has 0 aliphatic carbocycles. The molecule has 1 aliphatic rings. The first-order valence-corrected chi connectivity index (χ1v) is 13.5. The minimum Gasteiger partial charge on any atom is -0.508 e. The second-order valence-electron chi connectivity index (χ2n) is 9.60. The lowest BCUT2D eigenvalue weighted by atomic mass is 10.0. The summed E-state index contributed by atoms with van der Waals surface area (Å²) in [7, 11) is 1.27. The quantitative estimate of drug-likeness (QED) is 0.335. The van der Waals surface area contributed by atoms with E-state index < -0.39 is 35.9 Å². The van der Waals surface area contributed by atoms with Crippen molar-refractivity contribution in [1.82, 2.24) is 20.1 Å². The molecule has 3 amide bonds. The monoisotopic (exact) mass is 568 g/mol. The molecule has 12 heteroatoms. The summed E-state index contributed by atoms with van der Waals surface area (Å²) < 4.78 is 13.3. The number of carbonyl (C=O) groups is 4. The van der Waals surface area contributed by atoms with E-state index in [0.29, 0.717) is 35.5 Å². The highest BCUT2D eigenvalue weighted by Gasteiger charge is 2.37. The van der Waals surface area contributed by atoms with Gasteiger partial charge in [0.1, 0.15) is 34.4 Å². The van der Waals surface area contributed by atoms with Gasteiger partial charge in [-0.1, -0.05) is 12.1 Å². The molecule has 10 nitrogen and oxygen atoms in total. The average Bonchev–Trinajstić information content (AvgIpc) is 3.62. The van der Waals surface area contributed by atoms with E-state index in [1.54, 1.807) is 22.4 Å². The molecule has 1 aliphatic heterocycles. The molecule has 0 spiro atoms. The Morgan fingerprint density at radius 2 is 1.82 bits per heavy atom. The van der Waals surface area contributed by atoms with Gasteiger partial charge in [-0.05, 0) is 61.7 Å². The molecular formula is C28H29FN4O6S. The normalized spacial score (nSPS) is 16.3. The molecule has 3 N–H and O–H groups in total. The van der Waals surface area contributed by atoms with Gasteiger partial charge < -0.3 is 20.4 Å². The van der Waals surface area contributed by atoms with Crippen LogP contribution in [0.15, 0.2) is 53.9 Å². The number of likely N-dealkylation sites (N-methyl/N-ethyl adjacent to an activating group) is 1. The molecule has 0 unspecified atom stereocenters. The SMILES string of the molecule is C[C@@H](C(=O)N[C@@H](Cc1ccc(O)cc1)C(=O)N1CCC[C@H]1c1nc(C(=O)c2ccc(F)cc2)cs1)N(C)C(=O)O. The third-order valence-electron chi connectivity index (χ3n) is 6.93. The number of rotatable bonds is 9. The summed E-state index contributed by atoms with van der Waals surface area (Å²) in [5.41, 5.74) is 1.19. The fourth-order valence-electron chi connectivity index (χ4n) is 4.48. The molecule has 0 saturated carbocycles. The van der Waals surface area contributed by atoms with E-state index in [9.17, 15) is 33.8 Å². The van der Waals surface area contributed by atoms with E-state index in [4.69, 9.17) is 0 Å². The second-order valence-corrected chi connectivity index (χ2v) is 10.5. The van der Waals surface area contributed by atoms with E-state index in [2.05, 4.69) is 10.3 Å². The number of phenols is 1. The molecule has 3 aromatic rings. The van der Waals surface area contributed by atoms with Crippen LogP contribution in [-0.4, -0.2) is 74.4 Å². The molecule has 1 fully saturated rings. The number of nitrogens with one attached hydrogen (secondary N) is 1. The maximum Gasteiger partial charge on any atom is 0.407 e. The minimum atomic E-state index is -1.28. The van der Waals surface area contributed by atoms with Gasteiger partial charge in [0.25, 0.3) is 0 Å². The smallest absolute Gasteiger partial charge is 0.407 e. The average molecular weight is 569 g/mol. The van der Waals surface area contributed by atoms with Crippen LogP contribution in [-0.2, 0) is 16.0 Å². The zero-order chi connectivity index (χ0) is 29.0. The predicted molar refractivity (Wildman–Crippen MR) is 145 cm³/mol. The fourth-order valence-corrected chi connectivity index (χ4v) is 5.43. The van der Waals surface area contributed by atoms with Gasteiger partial charge in [-0.3, -0.25) is 19.3 Å². The van der Waals surface area contributed by atoms with Gasteiger partial charge in [-0.2, -0.15) is 0 Å². The molecule has 40 heavy (non-hydrogen) atoms. The molecule has 4 rings (SSSR count). The highest BCUT2D eigenvalue weighted by atomic mass is 32.1. The van der Waals surface area contributed by atoms with Crippen molar-refractivity contribution < 1.29 is 33.8 Å². The van der Waals surface area contributed by atoms with Gasteiger partial charge in [0, 0.05) is 31.0 Å². The molecule has 2 aromatic carbocycles. The van der Waals surface area contributed by atoms with Crippen LogP contribution in [0.2, 0.25) is 0 Å². The molecule has 1 saturated heterocycles. The van der Waals surface area contributed by atoms with Crippen LogP contribution in [0.25, 0.3) is 0 Å². The van der Waals surface area contributed by atoms with E-state index >= 15 is 0 Å². The Labute approximate surface area is 234 Å². The molecular weight excluding hydrogens is 539 g/mol. The fraction of sp³-hybridized carbons (Fsp3) is 0.321. The van der Waals surface area contributed by atoms with Crippen molar-refractivity contribution in [2.24, 2.45) is 0 Å². The van der Waals surface area contributed by atoms with Crippen LogP contribution in [0, 0.1) is 5.82 Å². The van der Waals surface area contributed by atoms with Crippen molar-refractivity contribution in [3.05, 3.63) is 81.6 Å². The third kappa shape index (κ3) is 6.45. The van der Waals surface area contributed by atoms with Crippen molar-refractivity contribution in [2.75, 3.05) is 13.6 Å². The topological polar surface area (TPSA) is 140 Å². The number of aromatic nitrogens is 1. The molecule has 0 bridgehead atoms. The summed E-state index contributed by atoms with van der Waals surface area (Å²) in [6.07, 6.45) is 0.138. The van der Waals surface area contributed by atoms with Crippen LogP contribution >= 0.6 is 11.3 Å². The number of ketones is 1. The van der Waals surface area contributed by atoms with Crippen molar-refractivity contribution in [3.8, 4) is 5.75 Å². The lowest BCUT2D eigenvalue weighted by Crippen LogP contribution is -2.54. The van der Waals surface area contributed by atoms with Gasteiger partial charge in [0.05, 0.1) is 6.04 Å². The van der Waals surface area contributed by atoms with Crippen LogP contribution in [0.1, 0.15) is 52.4 Å². The number of thiazole rings is 1. The van der Waals surface area contributed by atoms with Crippen molar-refractivity contribution in [3.63, 3.8) is 0 Å². The Hall–Kier alpha value is -4.32. The summed E-state index contributed by atoms with van der Waals surface area (Å²) in [6.45, 7) is 1.84. The number of nitrogens with zero attached hydrogens (tertiary/aromatic N) is 3. The minimum absolute atomic E-state index is 0.0572. The van der Waals surface area contributed by atoms with E-state index in [1.165, 1.54) is 61.7 Å². The third-order valence-corrected chi connectivity index (χ3v) is 7.88. The van der Waals surface area contributed by atoms with Crippen LogP contribution in [0.3, 0.4) is 0 Å². The Morgan fingerprint density at radius 3 is 2.48 bits per heavy atom. The summed E-state index contributed by atoms with van der Waals surface area (Å²) in [6, 6.07) is 8.97. The zero-order valence-corrected chi connectivity index (χ0v) is 22.7. The van der Waals surface area contributed by atoms with Crippen LogP contribution < -0.4 is 5.32 Å². The summed E-state index contributed by atoms with van der Waals surface area (Å²) >= 11 is 1.25. The Balaban J connectivity index is 1.56. The number of hydrogen-bond donors (Lipinski definition) is 3. The molecule has 210 valence electrons. The Bertz CT molecular complexity index is 1390. The van der Waals surface area contributed by atoms with Crippen LogP contribution in [0.4, 0.5) is 9.18 Å². The van der Waals surface area contributed by atoms with Gasteiger partial charge in [-0.15, -0.1) is 11.3 Å². The van der Waals surface area contributed by atoms with Crippen molar-refractivity contribution >= 4 is 35.0 Å². The maximum absolute atomic E-state index is 13.9. The van der Waals surface area contributed by atoms with Crippen LogP contribution in [0.5, 0.6) is 5.75 Å². The van der Waals surface area contributed by atoms with E-state index in [1.807, 2.05) is 0 Å². The first-order chi connectivity index (χ1) is 19.0. The largest absolute Gasteiger partial charge is 0.508 e. The highest BCUT2D eigenvalue weighted by Crippen LogP contribution is 2.35. The number of carbonyl (C=O) groups excluding carboxylic acids is 3. The van der Waals surface area contributed by atoms with Gasteiger partial charge in [-0.25, -0.2) is 14.2 Å². The molecule has 0 radical (unpaired) electrons. The standard InChI is InChI=1S/C28H29FN4O6S/c1-16(32(2)28(38)39)25(36)30-21(14-17-5-11-20(34)12-6-17)27(37)33-13-3-4-23(33)26-31-22(15-40-26)24(35)18-7-9-19(29)10-8-18/h5-12,15-16,21,23,34H,3-4,13-14H2,1-2H3,(H,30,36)(H,38,39)/t16-,21-,23-/m0/s1. The molecule has 2 heterocycles. The van der Waals surface area contributed by atoms with Gasteiger partial charge in [0.15, 0.2) is 0 Å². The number of hydrogen-bond acceptors (Lipinski definition) is 7. The Morgan fingerprint density at radius 1 is 1.15 bits per heavy atom. The zero-order valence-electron chi connectivity index (χ0n) is 21.9. The summed E-state index contributed by atoms with van der Waals surface area (Å²) in [5.74, 6) is -1.74. The number of carboxylic acid groups (broad SMARTS) is 1. The Kier molecular flexibility index (Phi) is 8.78. The van der Waals surface area contributed by atoms with Gasteiger partial charge in [0.2, 0.25) is 17.6 Å². The first kappa shape index (κ1) is 28.7. The van der Waals surface area contributed by atoms with E-state index in [-0.39, 0.29) is 29.6 Å². The highest BCUT2D eigenvalue weighted by molar-refractivity contribution is 7.10. The number of phenolic OH excluding ortho intramolecular Hbond substituents is 1. The lowest BCUT2D eigenvalue weighted by Gasteiger charge is -2.30.